The Labute approximate surface area is 180 Å². The van der Waals surface area contributed by atoms with Crippen LogP contribution in [-0.4, -0.2) is 43.9 Å². The first kappa shape index (κ1) is 21.9. The summed E-state index contributed by atoms with van der Waals surface area (Å²) >= 11 is 0. The number of halogens is 4. The fourth-order valence-corrected chi connectivity index (χ4v) is 4.04. The van der Waals surface area contributed by atoms with Crippen molar-refractivity contribution in [2.24, 2.45) is 0 Å². The molecule has 1 N–H and O–H groups in total. The summed E-state index contributed by atoms with van der Waals surface area (Å²) in [6.07, 6.45) is -4.88. The van der Waals surface area contributed by atoms with E-state index in [1.54, 1.807) is 19.1 Å². The van der Waals surface area contributed by atoms with E-state index >= 15 is 0 Å². The van der Waals surface area contributed by atoms with Crippen molar-refractivity contribution in [1.82, 2.24) is 15.1 Å². The second-order valence-electron chi connectivity index (χ2n) is 8.19. The second kappa shape index (κ2) is 7.40. The molecule has 4 rings (SSSR count). The van der Waals surface area contributed by atoms with Gasteiger partial charge < -0.3 is 14.4 Å². The van der Waals surface area contributed by atoms with Gasteiger partial charge in [0, 0.05) is 24.6 Å². The highest BCUT2D eigenvalue weighted by molar-refractivity contribution is 6.05. The lowest BCUT2D eigenvalue weighted by molar-refractivity contribution is -0.219. The van der Waals surface area contributed by atoms with Crippen molar-refractivity contribution >= 4 is 5.91 Å². The predicted molar refractivity (Wildman–Crippen MR) is 106 cm³/mol. The summed E-state index contributed by atoms with van der Waals surface area (Å²) < 4.78 is 61.4. The molecule has 2 heterocycles. The standard InChI is InChI=1S/C22H19F4N3O3/c1-11-27-28-18(32-11)13-6-4-12(5-7-13)16-15(23)9-8-14-10-29(19(30)17(14)16)20(21(2,3)31)22(24,25)26/h4-9,20,31H,10H2,1-3H3/t20-/m0/s1. The van der Waals surface area contributed by atoms with Crippen molar-refractivity contribution in [3.63, 3.8) is 0 Å². The number of fused-ring (bicyclic) bond motifs is 1. The molecular weight excluding hydrogens is 430 g/mol. The van der Waals surface area contributed by atoms with Gasteiger partial charge in [-0.2, -0.15) is 13.2 Å². The maximum absolute atomic E-state index is 14.8. The van der Waals surface area contributed by atoms with Crippen LogP contribution in [0, 0.1) is 12.7 Å². The van der Waals surface area contributed by atoms with Gasteiger partial charge in [0.05, 0.1) is 11.2 Å². The SMILES string of the molecule is Cc1nnc(-c2ccc(-c3c(F)ccc4c3C(=O)N([C@@H](C(C)(C)O)C(F)(F)F)C4)cc2)o1. The number of amides is 1. The summed E-state index contributed by atoms with van der Waals surface area (Å²) in [5.41, 5.74) is -1.37. The maximum atomic E-state index is 14.8. The topological polar surface area (TPSA) is 79.5 Å². The highest BCUT2D eigenvalue weighted by atomic mass is 19.4. The predicted octanol–water partition coefficient (Wildman–Crippen LogP) is 4.51. The number of hydrogen-bond donors (Lipinski definition) is 1. The van der Waals surface area contributed by atoms with Gasteiger partial charge in [0.25, 0.3) is 5.91 Å². The summed E-state index contributed by atoms with van der Waals surface area (Å²) in [5.74, 6) is -1.11. The maximum Gasteiger partial charge on any atom is 0.411 e. The fourth-order valence-electron chi connectivity index (χ4n) is 4.04. The van der Waals surface area contributed by atoms with Gasteiger partial charge in [-0.25, -0.2) is 4.39 Å². The monoisotopic (exact) mass is 449 g/mol. The minimum Gasteiger partial charge on any atom is -0.421 e. The number of hydrogen-bond acceptors (Lipinski definition) is 5. The van der Waals surface area contributed by atoms with Crippen LogP contribution in [0.5, 0.6) is 0 Å². The van der Waals surface area contributed by atoms with Crippen molar-refractivity contribution in [3.8, 4) is 22.6 Å². The van der Waals surface area contributed by atoms with Crippen molar-refractivity contribution in [3.05, 3.63) is 59.2 Å². The summed E-state index contributed by atoms with van der Waals surface area (Å²) in [4.78, 5) is 13.6. The smallest absolute Gasteiger partial charge is 0.411 e. The third-order valence-corrected chi connectivity index (χ3v) is 5.29. The summed E-state index contributed by atoms with van der Waals surface area (Å²) in [7, 11) is 0. The van der Waals surface area contributed by atoms with Crippen molar-refractivity contribution < 1.29 is 31.9 Å². The van der Waals surface area contributed by atoms with Crippen LogP contribution in [-0.2, 0) is 6.54 Å². The van der Waals surface area contributed by atoms with Crippen LogP contribution < -0.4 is 0 Å². The van der Waals surface area contributed by atoms with E-state index in [1.165, 1.54) is 18.2 Å². The number of rotatable bonds is 4. The quantitative estimate of drug-likeness (QED) is 0.593. The molecule has 2 aromatic carbocycles. The lowest BCUT2D eigenvalue weighted by Gasteiger charge is -2.37. The minimum absolute atomic E-state index is 0.0973. The van der Waals surface area contributed by atoms with Gasteiger partial charge in [-0.3, -0.25) is 4.79 Å². The molecule has 0 aliphatic carbocycles. The molecule has 0 unspecified atom stereocenters. The normalized spacial score (nSPS) is 15.2. The molecule has 6 nitrogen and oxygen atoms in total. The van der Waals surface area contributed by atoms with Crippen LogP contribution >= 0.6 is 0 Å². The van der Waals surface area contributed by atoms with Gasteiger partial charge in [0.15, 0.2) is 6.04 Å². The largest absolute Gasteiger partial charge is 0.421 e. The molecular formula is C22H19F4N3O3. The highest BCUT2D eigenvalue weighted by Gasteiger charge is 2.55. The van der Waals surface area contributed by atoms with Crippen molar-refractivity contribution in [2.45, 2.75) is 45.1 Å². The van der Waals surface area contributed by atoms with Crippen molar-refractivity contribution in [2.75, 3.05) is 0 Å². The highest BCUT2D eigenvalue weighted by Crippen LogP contribution is 2.41. The third kappa shape index (κ3) is 3.75. The molecule has 1 aromatic heterocycles. The molecule has 0 radical (unpaired) electrons. The van der Waals surface area contributed by atoms with E-state index in [2.05, 4.69) is 10.2 Å². The number of aliphatic hydroxyl groups is 1. The molecule has 1 aliphatic heterocycles. The molecule has 0 saturated carbocycles. The number of alkyl halides is 3. The Morgan fingerprint density at radius 1 is 1.03 bits per heavy atom. The Kier molecular flexibility index (Phi) is 5.08. The minimum atomic E-state index is -4.88. The van der Waals surface area contributed by atoms with E-state index in [1.807, 2.05) is 0 Å². The number of benzene rings is 2. The van der Waals surface area contributed by atoms with Crippen molar-refractivity contribution in [1.29, 1.82) is 0 Å². The molecule has 0 spiro atoms. The number of nitrogens with zero attached hydrogens (tertiary/aromatic N) is 3. The first-order chi connectivity index (χ1) is 14.9. The number of carbonyl (C=O) groups excluding carboxylic acids is 1. The van der Waals surface area contributed by atoms with E-state index in [0.717, 1.165) is 19.9 Å². The Morgan fingerprint density at radius 3 is 2.19 bits per heavy atom. The molecule has 3 aromatic rings. The zero-order valence-electron chi connectivity index (χ0n) is 17.4. The summed E-state index contributed by atoms with van der Waals surface area (Å²) in [5, 5.41) is 17.8. The van der Waals surface area contributed by atoms with Crippen LogP contribution in [0.4, 0.5) is 17.6 Å². The Hall–Kier alpha value is -3.27. The zero-order valence-corrected chi connectivity index (χ0v) is 17.4. The number of aryl methyl sites for hydroxylation is 1. The van der Waals surface area contributed by atoms with Crippen LogP contribution in [0.25, 0.3) is 22.6 Å². The van der Waals surface area contributed by atoms with Gasteiger partial charge in [0.2, 0.25) is 11.8 Å². The van der Waals surface area contributed by atoms with Crippen LogP contribution in [0.2, 0.25) is 0 Å². The van der Waals surface area contributed by atoms with Gasteiger partial charge in [-0.15, -0.1) is 10.2 Å². The third-order valence-electron chi connectivity index (χ3n) is 5.29. The van der Waals surface area contributed by atoms with E-state index < -0.39 is 36.1 Å². The first-order valence-electron chi connectivity index (χ1n) is 9.70. The molecule has 0 fully saturated rings. The van der Waals surface area contributed by atoms with Crippen LogP contribution in [0.15, 0.2) is 40.8 Å². The average Bonchev–Trinajstić information content (AvgIpc) is 3.24. The molecule has 168 valence electrons. The van der Waals surface area contributed by atoms with Gasteiger partial charge in [0.1, 0.15) is 5.82 Å². The number of carbonyl (C=O) groups is 1. The Morgan fingerprint density at radius 2 is 1.66 bits per heavy atom. The molecule has 1 atom stereocenters. The summed E-state index contributed by atoms with van der Waals surface area (Å²) in [6.45, 7) is 3.21. The first-order valence-corrected chi connectivity index (χ1v) is 9.70. The molecule has 0 saturated heterocycles. The van der Waals surface area contributed by atoms with Crippen LogP contribution in [0.1, 0.15) is 35.7 Å². The lowest BCUT2D eigenvalue weighted by Crippen LogP contribution is -2.57. The molecule has 1 amide bonds. The van der Waals surface area contributed by atoms with E-state index in [9.17, 15) is 27.5 Å². The van der Waals surface area contributed by atoms with Gasteiger partial charge in [-0.1, -0.05) is 18.2 Å². The Balaban J connectivity index is 1.76. The van der Waals surface area contributed by atoms with E-state index in [4.69, 9.17) is 4.42 Å². The second-order valence-corrected chi connectivity index (χ2v) is 8.19. The van der Waals surface area contributed by atoms with Gasteiger partial charge >= 0.3 is 6.18 Å². The summed E-state index contributed by atoms with van der Waals surface area (Å²) in [6, 6.07) is 6.20. The molecule has 32 heavy (non-hydrogen) atoms. The number of aromatic nitrogens is 2. The Bertz CT molecular complexity index is 1170. The molecule has 1 aliphatic rings. The van der Waals surface area contributed by atoms with Gasteiger partial charge in [-0.05, 0) is 43.2 Å². The molecule has 0 bridgehead atoms. The average molecular weight is 449 g/mol. The molecule has 10 heteroatoms. The zero-order chi connectivity index (χ0) is 23.4. The fraction of sp³-hybridized carbons (Fsp3) is 0.318. The van der Waals surface area contributed by atoms with E-state index in [-0.39, 0.29) is 22.6 Å². The lowest BCUT2D eigenvalue weighted by atomic mass is 9.95. The van der Waals surface area contributed by atoms with E-state index in [0.29, 0.717) is 21.9 Å². The van der Waals surface area contributed by atoms with Crippen LogP contribution in [0.3, 0.4) is 0 Å².